The van der Waals surface area contributed by atoms with Crippen molar-refractivity contribution in [2.75, 3.05) is 13.1 Å². The van der Waals surface area contributed by atoms with Crippen LogP contribution in [0.25, 0.3) is 0 Å². The Balaban J connectivity index is 2.39. The molecule has 0 spiro atoms. The molecule has 1 atom stereocenters. The molecule has 2 nitrogen and oxygen atoms in total. The third kappa shape index (κ3) is 2.78. The van der Waals surface area contributed by atoms with Crippen LogP contribution in [0, 0.1) is 5.92 Å². The quantitative estimate of drug-likeness (QED) is 0.632. The molecule has 0 saturated carbocycles. The number of hydrogen-bond donors (Lipinski definition) is 1. The van der Waals surface area contributed by atoms with Gasteiger partial charge in [0.15, 0.2) is 0 Å². The Hall–Kier alpha value is -0.630. The molecule has 0 aromatic carbocycles. The number of nitrogens with one attached hydrogen (secondary N) is 1. The summed E-state index contributed by atoms with van der Waals surface area (Å²) in [5.41, 5.74) is 1.30. The van der Waals surface area contributed by atoms with Crippen molar-refractivity contribution in [3.63, 3.8) is 0 Å². The van der Waals surface area contributed by atoms with Gasteiger partial charge in [-0.2, -0.15) is 0 Å². The van der Waals surface area contributed by atoms with Crippen molar-refractivity contribution in [1.82, 2.24) is 5.32 Å². The molecule has 1 saturated heterocycles. The number of carbonyl (C=O) groups excluding carboxylic acids is 1. The van der Waals surface area contributed by atoms with Crippen LogP contribution in [0.3, 0.4) is 0 Å². The lowest BCUT2D eigenvalue weighted by Gasteiger charge is -2.20. The summed E-state index contributed by atoms with van der Waals surface area (Å²) in [7, 11) is 0. The van der Waals surface area contributed by atoms with E-state index >= 15 is 0 Å². The zero-order chi connectivity index (χ0) is 8.97. The Labute approximate surface area is 74.0 Å². The lowest BCUT2D eigenvalue weighted by Crippen LogP contribution is -2.36. The van der Waals surface area contributed by atoms with Crippen molar-refractivity contribution in [2.24, 2.45) is 5.92 Å². The molecule has 1 rings (SSSR count). The van der Waals surface area contributed by atoms with Crippen LogP contribution in [0.4, 0.5) is 0 Å². The number of ketones is 1. The first-order chi connectivity index (χ1) is 5.70. The summed E-state index contributed by atoms with van der Waals surface area (Å²) in [5, 5.41) is 3.24. The summed E-state index contributed by atoms with van der Waals surface area (Å²) in [6, 6.07) is 0. The van der Waals surface area contributed by atoms with Gasteiger partial charge in [0.05, 0.1) is 0 Å². The lowest BCUT2D eigenvalue weighted by atomic mass is 9.94. The van der Waals surface area contributed by atoms with Crippen LogP contribution in [-0.2, 0) is 4.79 Å². The molecule has 1 heterocycles. The minimum Gasteiger partial charge on any atom is -0.316 e. The van der Waals surface area contributed by atoms with Gasteiger partial charge >= 0.3 is 0 Å². The van der Waals surface area contributed by atoms with E-state index < -0.39 is 0 Å². The fraction of sp³-hybridized carbons (Fsp3) is 0.700. The van der Waals surface area contributed by atoms with Crippen molar-refractivity contribution < 1.29 is 4.79 Å². The van der Waals surface area contributed by atoms with Gasteiger partial charge in [0.25, 0.3) is 0 Å². The normalized spacial score (nSPS) is 23.8. The molecule has 0 bridgehead atoms. The number of carbonyl (C=O) groups is 1. The van der Waals surface area contributed by atoms with Gasteiger partial charge in [0.2, 0.25) is 0 Å². The monoisotopic (exact) mass is 167 g/mol. The van der Waals surface area contributed by atoms with Gasteiger partial charge in [-0.1, -0.05) is 11.6 Å². The Morgan fingerprint density at radius 1 is 1.67 bits per heavy atom. The van der Waals surface area contributed by atoms with E-state index in [-0.39, 0.29) is 5.92 Å². The predicted molar refractivity (Wildman–Crippen MR) is 50.0 cm³/mol. The number of piperidine rings is 1. The number of allylic oxidation sites excluding steroid dienone is 2. The zero-order valence-corrected chi connectivity index (χ0v) is 7.89. The summed E-state index contributed by atoms with van der Waals surface area (Å²) in [4.78, 5) is 11.3. The molecule has 12 heavy (non-hydrogen) atoms. The molecule has 0 aromatic heterocycles. The second-order valence-electron chi connectivity index (χ2n) is 3.63. The average molecular weight is 167 g/mol. The Bertz CT molecular complexity index is 192. The molecule has 1 aliphatic heterocycles. The lowest BCUT2D eigenvalue weighted by molar-refractivity contribution is -0.123. The second-order valence-corrected chi connectivity index (χ2v) is 3.63. The Kier molecular flexibility index (Phi) is 3.48. The highest BCUT2D eigenvalue weighted by Crippen LogP contribution is 2.11. The molecule has 1 fully saturated rings. The first-order valence-electron chi connectivity index (χ1n) is 4.57. The van der Waals surface area contributed by atoms with Crippen molar-refractivity contribution in [3.8, 4) is 0 Å². The number of Topliss-reactive ketones (excluding diaryl/α,β-unsaturated/α-hetero) is 1. The molecular formula is C10H17NO. The first kappa shape index (κ1) is 9.46. The van der Waals surface area contributed by atoms with Crippen LogP contribution < -0.4 is 5.32 Å². The number of hydrogen-bond acceptors (Lipinski definition) is 2. The van der Waals surface area contributed by atoms with Gasteiger partial charge < -0.3 is 5.32 Å². The maximum atomic E-state index is 11.3. The van der Waals surface area contributed by atoms with E-state index in [4.69, 9.17) is 0 Å². The molecule has 2 heteroatoms. The predicted octanol–water partition coefficient (Wildman–Crippen LogP) is 1.52. The third-order valence-corrected chi connectivity index (χ3v) is 2.20. The molecule has 0 amide bonds. The average Bonchev–Trinajstić information content (AvgIpc) is 2.03. The molecule has 1 N–H and O–H groups in total. The minimum atomic E-state index is 0.230. The molecule has 0 radical (unpaired) electrons. The van der Waals surface area contributed by atoms with Gasteiger partial charge in [0, 0.05) is 25.4 Å². The largest absolute Gasteiger partial charge is 0.316 e. The molecular weight excluding hydrogens is 150 g/mol. The highest BCUT2D eigenvalue weighted by Gasteiger charge is 2.19. The smallest absolute Gasteiger partial charge is 0.138 e. The highest BCUT2D eigenvalue weighted by molar-refractivity contribution is 5.82. The van der Waals surface area contributed by atoms with E-state index in [1.54, 1.807) is 0 Å². The van der Waals surface area contributed by atoms with E-state index in [9.17, 15) is 4.79 Å². The van der Waals surface area contributed by atoms with Crippen LogP contribution in [-0.4, -0.2) is 18.9 Å². The SMILES string of the molecule is CC(C)=CCC1CNCCC1=O. The van der Waals surface area contributed by atoms with E-state index in [1.807, 2.05) is 0 Å². The van der Waals surface area contributed by atoms with Crippen LogP contribution in [0.15, 0.2) is 11.6 Å². The van der Waals surface area contributed by atoms with Crippen molar-refractivity contribution in [2.45, 2.75) is 26.7 Å². The van der Waals surface area contributed by atoms with E-state index in [0.29, 0.717) is 12.2 Å². The van der Waals surface area contributed by atoms with Gasteiger partial charge in [-0.15, -0.1) is 0 Å². The summed E-state index contributed by atoms with van der Waals surface area (Å²) < 4.78 is 0. The van der Waals surface area contributed by atoms with Crippen LogP contribution >= 0.6 is 0 Å². The van der Waals surface area contributed by atoms with Crippen LogP contribution in [0.5, 0.6) is 0 Å². The van der Waals surface area contributed by atoms with Gasteiger partial charge in [0.1, 0.15) is 5.78 Å². The zero-order valence-electron chi connectivity index (χ0n) is 7.89. The van der Waals surface area contributed by atoms with Crippen LogP contribution in [0.1, 0.15) is 26.7 Å². The van der Waals surface area contributed by atoms with Crippen molar-refractivity contribution in [1.29, 1.82) is 0 Å². The molecule has 1 unspecified atom stereocenters. The topological polar surface area (TPSA) is 29.1 Å². The standard InChI is InChI=1S/C10H17NO/c1-8(2)3-4-9-7-11-6-5-10(9)12/h3,9,11H,4-7H2,1-2H3. The van der Waals surface area contributed by atoms with Gasteiger partial charge in [-0.05, 0) is 20.3 Å². The van der Waals surface area contributed by atoms with Crippen molar-refractivity contribution in [3.05, 3.63) is 11.6 Å². The maximum Gasteiger partial charge on any atom is 0.138 e. The Morgan fingerprint density at radius 2 is 2.42 bits per heavy atom. The van der Waals surface area contributed by atoms with Gasteiger partial charge in [-0.3, -0.25) is 4.79 Å². The third-order valence-electron chi connectivity index (χ3n) is 2.20. The van der Waals surface area contributed by atoms with Gasteiger partial charge in [-0.25, -0.2) is 0 Å². The maximum absolute atomic E-state index is 11.3. The summed E-state index contributed by atoms with van der Waals surface area (Å²) in [5.74, 6) is 0.653. The summed E-state index contributed by atoms with van der Waals surface area (Å²) >= 11 is 0. The summed E-state index contributed by atoms with van der Waals surface area (Å²) in [6.07, 6.45) is 3.77. The molecule has 68 valence electrons. The Morgan fingerprint density at radius 3 is 3.00 bits per heavy atom. The van der Waals surface area contributed by atoms with Crippen LogP contribution in [0.2, 0.25) is 0 Å². The minimum absolute atomic E-state index is 0.230. The second kappa shape index (κ2) is 4.41. The number of rotatable bonds is 2. The van der Waals surface area contributed by atoms with E-state index in [2.05, 4.69) is 25.2 Å². The summed E-state index contributed by atoms with van der Waals surface area (Å²) in [6.45, 7) is 5.87. The fourth-order valence-corrected chi connectivity index (χ4v) is 1.40. The van der Waals surface area contributed by atoms with E-state index in [1.165, 1.54) is 5.57 Å². The van der Waals surface area contributed by atoms with E-state index in [0.717, 1.165) is 19.5 Å². The fourth-order valence-electron chi connectivity index (χ4n) is 1.40. The highest BCUT2D eigenvalue weighted by atomic mass is 16.1. The molecule has 0 aromatic rings. The molecule has 1 aliphatic rings. The van der Waals surface area contributed by atoms with Crippen molar-refractivity contribution >= 4 is 5.78 Å². The first-order valence-corrected chi connectivity index (χ1v) is 4.57. The molecule has 0 aliphatic carbocycles.